The third-order valence-corrected chi connectivity index (χ3v) is 5.85. The van der Waals surface area contributed by atoms with Crippen molar-refractivity contribution in [2.24, 2.45) is 4.99 Å². The van der Waals surface area contributed by atoms with Crippen LogP contribution in [-0.2, 0) is 5.72 Å². The van der Waals surface area contributed by atoms with Crippen LogP contribution in [-0.4, -0.2) is 38.9 Å². The predicted octanol–water partition coefficient (Wildman–Crippen LogP) is 3.16. The molecule has 1 amide bonds. The normalized spacial score (nSPS) is 20.2. The van der Waals surface area contributed by atoms with E-state index in [0.29, 0.717) is 10.9 Å². The summed E-state index contributed by atoms with van der Waals surface area (Å²) in [7, 11) is 1.55. The van der Waals surface area contributed by atoms with Crippen LogP contribution in [0.1, 0.15) is 21.6 Å². The SMILES string of the molecule is CNC(=O)c1[nH]cnc1/N=C1\SCC(O)(c2ccc(C)cc2)N1c1ccccc1. The number of anilines is 1. The minimum Gasteiger partial charge on any atom is -0.366 e. The first-order valence-corrected chi connectivity index (χ1v) is 10.1. The molecule has 1 fully saturated rings. The van der Waals surface area contributed by atoms with Gasteiger partial charge in [-0.1, -0.05) is 59.8 Å². The molecule has 1 aromatic heterocycles. The Bertz CT molecular complexity index is 1050. The maximum absolute atomic E-state index is 12.1. The second kappa shape index (κ2) is 7.73. The molecular weight excluding hydrogens is 386 g/mol. The zero-order chi connectivity index (χ0) is 20.4. The van der Waals surface area contributed by atoms with E-state index in [0.717, 1.165) is 16.8 Å². The number of nitrogens with one attached hydrogen (secondary N) is 2. The Balaban J connectivity index is 1.82. The first-order chi connectivity index (χ1) is 14.0. The van der Waals surface area contributed by atoms with Crippen LogP contribution in [0.5, 0.6) is 0 Å². The molecule has 1 aliphatic rings. The van der Waals surface area contributed by atoms with Gasteiger partial charge in [0.25, 0.3) is 5.91 Å². The lowest BCUT2D eigenvalue weighted by molar-refractivity contribution is 0.0768. The van der Waals surface area contributed by atoms with Crippen LogP contribution < -0.4 is 10.2 Å². The van der Waals surface area contributed by atoms with Crippen LogP contribution in [0.2, 0.25) is 0 Å². The lowest BCUT2D eigenvalue weighted by atomic mass is 10.0. The molecule has 4 rings (SSSR count). The lowest BCUT2D eigenvalue weighted by Gasteiger charge is -2.34. The number of aryl methyl sites for hydroxylation is 1. The number of carbonyl (C=O) groups excluding carboxylic acids is 1. The van der Waals surface area contributed by atoms with Gasteiger partial charge < -0.3 is 15.4 Å². The van der Waals surface area contributed by atoms with Gasteiger partial charge >= 0.3 is 0 Å². The lowest BCUT2D eigenvalue weighted by Crippen LogP contribution is -2.45. The van der Waals surface area contributed by atoms with E-state index in [1.807, 2.05) is 61.5 Å². The highest BCUT2D eigenvalue weighted by molar-refractivity contribution is 8.14. The number of benzene rings is 2. The van der Waals surface area contributed by atoms with Gasteiger partial charge in [-0.15, -0.1) is 0 Å². The summed E-state index contributed by atoms with van der Waals surface area (Å²) in [6.07, 6.45) is 1.43. The Labute approximate surface area is 172 Å². The number of nitrogens with zero attached hydrogens (tertiary/aromatic N) is 3. The van der Waals surface area contributed by atoms with E-state index in [9.17, 15) is 9.90 Å². The number of rotatable bonds is 4. The summed E-state index contributed by atoms with van der Waals surface area (Å²) in [5.41, 5.74) is 1.70. The highest BCUT2D eigenvalue weighted by Crippen LogP contribution is 2.43. The number of aromatic nitrogens is 2. The third-order valence-electron chi connectivity index (χ3n) is 4.77. The van der Waals surface area contributed by atoms with E-state index in [-0.39, 0.29) is 17.4 Å². The van der Waals surface area contributed by atoms with Crippen molar-refractivity contribution in [3.63, 3.8) is 0 Å². The summed E-state index contributed by atoms with van der Waals surface area (Å²) in [4.78, 5) is 25.5. The molecule has 2 aromatic carbocycles. The number of thioether (sulfide) groups is 1. The van der Waals surface area contributed by atoms with E-state index in [1.165, 1.54) is 18.1 Å². The van der Waals surface area contributed by atoms with Gasteiger partial charge in [-0.25, -0.2) is 9.98 Å². The van der Waals surface area contributed by atoms with Crippen molar-refractivity contribution in [2.45, 2.75) is 12.6 Å². The van der Waals surface area contributed by atoms with Crippen LogP contribution in [0.3, 0.4) is 0 Å². The van der Waals surface area contributed by atoms with Gasteiger partial charge in [-0.3, -0.25) is 9.69 Å². The summed E-state index contributed by atoms with van der Waals surface area (Å²) >= 11 is 1.42. The molecule has 29 heavy (non-hydrogen) atoms. The van der Waals surface area contributed by atoms with Crippen molar-refractivity contribution in [1.82, 2.24) is 15.3 Å². The van der Waals surface area contributed by atoms with Crippen molar-refractivity contribution in [3.8, 4) is 0 Å². The number of amides is 1. The molecule has 2 heterocycles. The molecule has 1 aliphatic heterocycles. The second-order valence-electron chi connectivity index (χ2n) is 6.72. The van der Waals surface area contributed by atoms with Gasteiger partial charge in [0.1, 0.15) is 0 Å². The monoisotopic (exact) mass is 407 g/mol. The van der Waals surface area contributed by atoms with Gasteiger partial charge in [0.2, 0.25) is 0 Å². The maximum atomic E-state index is 12.1. The first kappa shape index (κ1) is 19.2. The number of carbonyl (C=O) groups is 1. The number of amidine groups is 1. The number of para-hydroxylation sites is 1. The molecule has 0 aliphatic carbocycles. The Morgan fingerprint density at radius 3 is 2.66 bits per heavy atom. The minimum absolute atomic E-state index is 0.277. The Kier molecular flexibility index (Phi) is 5.12. The van der Waals surface area contributed by atoms with Gasteiger partial charge in [-0.05, 0) is 19.1 Å². The van der Waals surface area contributed by atoms with Crippen LogP contribution in [0, 0.1) is 6.92 Å². The average molecular weight is 407 g/mol. The number of aromatic amines is 1. The highest BCUT2D eigenvalue weighted by Gasteiger charge is 2.46. The Morgan fingerprint density at radius 2 is 1.97 bits per heavy atom. The second-order valence-corrected chi connectivity index (χ2v) is 7.66. The molecule has 3 N–H and O–H groups in total. The molecule has 3 aromatic rings. The quantitative estimate of drug-likeness (QED) is 0.618. The smallest absolute Gasteiger partial charge is 0.271 e. The molecule has 0 bridgehead atoms. The zero-order valence-electron chi connectivity index (χ0n) is 16.1. The number of imidazole rings is 1. The molecule has 148 valence electrons. The average Bonchev–Trinajstić information content (AvgIpc) is 3.34. The van der Waals surface area contributed by atoms with Gasteiger partial charge in [0.15, 0.2) is 22.4 Å². The van der Waals surface area contributed by atoms with E-state index in [2.05, 4.69) is 20.3 Å². The fraction of sp³-hybridized carbons (Fsp3) is 0.190. The number of hydrogen-bond donors (Lipinski definition) is 3. The van der Waals surface area contributed by atoms with Crippen LogP contribution in [0.4, 0.5) is 11.5 Å². The Morgan fingerprint density at radius 1 is 1.24 bits per heavy atom. The Hall–Kier alpha value is -3.10. The maximum Gasteiger partial charge on any atom is 0.271 e. The molecule has 1 unspecified atom stereocenters. The number of aliphatic hydroxyl groups is 1. The largest absolute Gasteiger partial charge is 0.366 e. The zero-order valence-corrected chi connectivity index (χ0v) is 16.9. The molecule has 8 heteroatoms. The van der Waals surface area contributed by atoms with Crippen molar-refractivity contribution in [1.29, 1.82) is 0 Å². The number of H-pyrrole nitrogens is 1. The predicted molar refractivity (Wildman–Crippen MR) is 116 cm³/mol. The van der Waals surface area contributed by atoms with Crippen molar-refractivity contribution in [2.75, 3.05) is 17.7 Å². The summed E-state index contributed by atoms with van der Waals surface area (Å²) in [6.45, 7) is 2.01. The molecule has 0 saturated carbocycles. The van der Waals surface area contributed by atoms with E-state index >= 15 is 0 Å². The molecule has 7 nitrogen and oxygen atoms in total. The van der Waals surface area contributed by atoms with Gasteiger partial charge in [0.05, 0.1) is 12.1 Å². The number of aliphatic imine (C=N–C) groups is 1. The molecular formula is C21H21N5O2S. The first-order valence-electron chi connectivity index (χ1n) is 9.14. The van der Waals surface area contributed by atoms with E-state index < -0.39 is 5.72 Å². The summed E-state index contributed by atoms with van der Waals surface area (Å²) < 4.78 is 0. The van der Waals surface area contributed by atoms with Gasteiger partial charge in [0, 0.05) is 18.3 Å². The number of hydrogen-bond acceptors (Lipinski definition) is 5. The van der Waals surface area contributed by atoms with Crippen LogP contribution in [0.25, 0.3) is 0 Å². The van der Waals surface area contributed by atoms with E-state index in [1.54, 1.807) is 11.9 Å². The van der Waals surface area contributed by atoms with Crippen LogP contribution >= 0.6 is 11.8 Å². The van der Waals surface area contributed by atoms with Crippen molar-refractivity contribution < 1.29 is 9.90 Å². The van der Waals surface area contributed by atoms with Crippen LogP contribution in [0.15, 0.2) is 65.9 Å². The fourth-order valence-corrected chi connectivity index (χ4v) is 4.39. The van der Waals surface area contributed by atoms with E-state index in [4.69, 9.17) is 0 Å². The molecule has 0 radical (unpaired) electrons. The highest BCUT2D eigenvalue weighted by atomic mass is 32.2. The summed E-state index contributed by atoms with van der Waals surface area (Å²) in [5, 5.41) is 14.8. The fourth-order valence-electron chi connectivity index (χ4n) is 3.22. The van der Waals surface area contributed by atoms with Crippen molar-refractivity contribution in [3.05, 3.63) is 77.7 Å². The minimum atomic E-state index is -1.28. The molecule has 0 spiro atoms. The molecule has 1 saturated heterocycles. The standard InChI is InChI=1S/C21H21N5O2S/c1-14-8-10-15(11-9-14)21(28)12-29-20(26(21)16-6-4-3-5-7-16)25-18-17(19(27)22-2)23-13-24-18/h3-11,13,28H,12H2,1-2H3,(H,22,27)(H,23,24)/b25-20-. The summed E-state index contributed by atoms with van der Waals surface area (Å²) in [6, 6.07) is 17.4. The van der Waals surface area contributed by atoms with Crippen molar-refractivity contribution >= 4 is 34.3 Å². The van der Waals surface area contributed by atoms with Gasteiger partial charge in [-0.2, -0.15) is 0 Å². The third kappa shape index (κ3) is 3.52. The molecule has 1 atom stereocenters. The summed E-state index contributed by atoms with van der Waals surface area (Å²) in [5.74, 6) is 0.370. The topological polar surface area (TPSA) is 93.6 Å².